The molecule has 1 aromatic carbocycles. The average Bonchev–Trinajstić information content (AvgIpc) is 3.03. The Kier molecular flexibility index (Phi) is 9.72. The topological polar surface area (TPSA) is 44.4 Å². The van der Waals surface area contributed by atoms with Gasteiger partial charge in [0.05, 0.1) is 6.04 Å². The van der Waals surface area contributed by atoms with Crippen LogP contribution in [0, 0.1) is 0 Å². The first-order chi connectivity index (χ1) is 13.6. The third kappa shape index (κ3) is 6.18. The van der Waals surface area contributed by atoms with Crippen LogP contribution >= 0.6 is 0 Å². The first-order valence-corrected chi connectivity index (χ1v) is 11.0. The fourth-order valence-corrected chi connectivity index (χ4v) is 4.30. The van der Waals surface area contributed by atoms with Crippen molar-refractivity contribution in [2.75, 3.05) is 20.6 Å². The summed E-state index contributed by atoms with van der Waals surface area (Å²) in [5.41, 5.74) is 4.21. The Balaban J connectivity index is 1.92. The van der Waals surface area contributed by atoms with Gasteiger partial charge in [0.15, 0.2) is 0 Å². The summed E-state index contributed by atoms with van der Waals surface area (Å²) in [5, 5.41) is 6.05. The van der Waals surface area contributed by atoms with Crippen LogP contribution in [0.25, 0.3) is 0 Å². The van der Waals surface area contributed by atoms with Crippen molar-refractivity contribution in [2.45, 2.75) is 76.9 Å². The molecule has 0 bridgehead atoms. The second kappa shape index (κ2) is 12.0. The number of fused-ring (bicyclic) bond motifs is 1. The van der Waals surface area contributed by atoms with Crippen molar-refractivity contribution >= 4 is 5.91 Å². The van der Waals surface area contributed by atoms with Gasteiger partial charge in [-0.2, -0.15) is 0 Å². The molecule has 1 heterocycles. The largest absolute Gasteiger partial charge is 0.358 e. The first-order valence-electron chi connectivity index (χ1n) is 11.0. The van der Waals surface area contributed by atoms with E-state index in [1.807, 2.05) is 13.1 Å². The van der Waals surface area contributed by atoms with Gasteiger partial charge in [-0.05, 0) is 69.3 Å². The Morgan fingerprint density at radius 3 is 2.71 bits per heavy atom. The molecule has 4 heteroatoms. The molecule has 0 fully saturated rings. The number of aryl methyl sites for hydroxylation is 1. The Hall–Kier alpha value is -1.65. The number of allylic oxidation sites excluding steroid dienone is 1. The maximum absolute atomic E-state index is 12.4. The second-order valence-corrected chi connectivity index (χ2v) is 8.00. The fraction of sp³-hybridized carbons (Fsp3) is 0.625. The minimum atomic E-state index is -0.0912. The number of nitrogens with zero attached hydrogens (tertiary/aromatic N) is 1. The van der Waals surface area contributed by atoms with Gasteiger partial charge in [0.2, 0.25) is 5.91 Å². The Morgan fingerprint density at radius 1 is 1.25 bits per heavy atom. The Bertz CT molecular complexity index is 628. The van der Waals surface area contributed by atoms with Crippen LogP contribution in [0.1, 0.15) is 74.6 Å². The summed E-state index contributed by atoms with van der Waals surface area (Å²) in [6, 6.07) is 7.14. The molecule has 1 aromatic rings. The molecule has 1 aliphatic heterocycles. The van der Waals surface area contributed by atoms with Gasteiger partial charge in [0.25, 0.3) is 0 Å². The highest BCUT2D eigenvalue weighted by molar-refractivity contribution is 5.81. The number of rotatable bonds is 13. The predicted octanol–water partition coefficient (Wildman–Crippen LogP) is 4.36. The normalized spacial score (nSPS) is 17.3. The summed E-state index contributed by atoms with van der Waals surface area (Å²) in [5.74, 6) is 0.111. The van der Waals surface area contributed by atoms with E-state index in [9.17, 15) is 4.79 Å². The number of nitrogens with one attached hydrogen (secondary N) is 2. The molecular weight excluding hydrogens is 346 g/mol. The van der Waals surface area contributed by atoms with E-state index in [1.54, 1.807) is 7.05 Å². The first kappa shape index (κ1) is 22.6. The number of amides is 1. The number of benzene rings is 1. The van der Waals surface area contributed by atoms with Gasteiger partial charge in [0, 0.05) is 19.6 Å². The lowest BCUT2D eigenvalue weighted by molar-refractivity contribution is -0.127. The van der Waals surface area contributed by atoms with Crippen molar-refractivity contribution in [1.82, 2.24) is 15.5 Å². The molecule has 0 saturated carbocycles. The van der Waals surface area contributed by atoms with Crippen LogP contribution in [0.4, 0.5) is 0 Å². The number of likely N-dealkylation sites (N-methyl/N-ethyl adjacent to an activating group) is 1. The molecule has 2 rings (SSSR count). The van der Waals surface area contributed by atoms with E-state index in [2.05, 4.69) is 47.2 Å². The van der Waals surface area contributed by atoms with Crippen molar-refractivity contribution in [2.24, 2.45) is 0 Å². The van der Waals surface area contributed by atoms with E-state index in [-0.39, 0.29) is 18.0 Å². The SMILES string of the molecule is C=CCCC(C(=O)NC)N1Cc2cc(CCCCCCCNC)ccc2C1C. The summed E-state index contributed by atoms with van der Waals surface area (Å²) in [4.78, 5) is 14.8. The molecule has 28 heavy (non-hydrogen) atoms. The van der Waals surface area contributed by atoms with E-state index in [4.69, 9.17) is 0 Å². The lowest BCUT2D eigenvalue weighted by atomic mass is 9.99. The molecule has 0 radical (unpaired) electrons. The molecule has 156 valence electrons. The Labute approximate surface area is 171 Å². The summed E-state index contributed by atoms with van der Waals surface area (Å²) >= 11 is 0. The van der Waals surface area contributed by atoms with Crippen LogP contribution in [0.3, 0.4) is 0 Å². The van der Waals surface area contributed by atoms with Gasteiger partial charge in [0.1, 0.15) is 0 Å². The van der Waals surface area contributed by atoms with Crippen molar-refractivity contribution in [3.05, 3.63) is 47.5 Å². The number of unbranched alkanes of at least 4 members (excludes halogenated alkanes) is 4. The maximum atomic E-state index is 12.4. The third-order valence-electron chi connectivity index (χ3n) is 5.99. The molecule has 0 aromatic heterocycles. The van der Waals surface area contributed by atoms with E-state index >= 15 is 0 Å². The summed E-state index contributed by atoms with van der Waals surface area (Å²) in [7, 11) is 3.75. The van der Waals surface area contributed by atoms with Crippen LogP contribution in [0.2, 0.25) is 0 Å². The smallest absolute Gasteiger partial charge is 0.237 e. The molecule has 2 N–H and O–H groups in total. The van der Waals surface area contributed by atoms with Crippen LogP contribution < -0.4 is 10.6 Å². The fourth-order valence-electron chi connectivity index (χ4n) is 4.30. The zero-order chi connectivity index (χ0) is 20.4. The van der Waals surface area contributed by atoms with Crippen LogP contribution in [-0.4, -0.2) is 37.5 Å². The molecular formula is C24H39N3O. The van der Waals surface area contributed by atoms with E-state index in [0.717, 1.165) is 32.4 Å². The van der Waals surface area contributed by atoms with Gasteiger partial charge in [-0.25, -0.2) is 0 Å². The second-order valence-electron chi connectivity index (χ2n) is 8.00. The van der Waals surface area contributed by atoms with Gasteiger partial charge in [-0.1, -0.05) is 43.5 Å². The van der Waals surface area contributed by atoms with Crippen LogP contribution in [-0.2, 0) is 17.8 Å². The maximum Gasteiger partial charge on any atom is 0.237 e. The van der Waals surface area contributed by atoms with E-state index < -0.39 is 0 Å². The highest BCUT2D eigenvalue weighted by Crippen LogP contribution is 2.36. The molecule has 0 aliphatic carbocycles. The third-order valence-corrected chi connectivity index (χ3v) is 5.99. The average molecular weight is 386 g/mol. The van der Waals surface area contributed by atoms with Gasteiger partial charge >= 0.3 is 0 Å². The van der Waals surface area contributed by atoms with Crippen molar-refractivity contribution < 1.29 is 4.79 Å². The molecule has 0 saturated heterocycles. The summed E-state index contributed by atoms with van der Waals surface area (Å²) in [6.07, 6.45) is 11.2. The molecule has 4 nitrogen and oxygen atoms in total. The minimum absolute atomic E-state index is 0.0912. The number of carbonyl (C=O) groups excluding carboxylic acids is 1. The van der Waals surface area contributed by atoms with Crippen molar-refractivity contribution in [1.29, 1.82) is 0 Å². The highest BCUT2D eigenvalue weighted by atomic mass is 16.2. The van der Waals surface area contributed by atoms with Gasteiger partial charge < -0.3 is 10.6 Å². The van der Waals surface area contributed by atoms with Crippen molar-refractivity contribution in [3.63, 3.8) is 0 Å². The lowest BCUT2D eigenvalue weighted by Crippen LogP contribution is -2.44. The number of hydrogen-bond donors (Lipinski definition) is 2. The van der Waals surface area contributed by atoms with E-state index in [0.29, 0.717) is 0 Å². The number of hydrogen-bond acceptors (Lipinski definition) is 3. The van der Waals surface area contributed by atoms with Crippen LogP contribution in [0.5, 0.6) is 0 Å². The monoisotopic (exact) mass is 385 g/mol. The van der Waals surface area contributed by atoms with Crippen molar-refractivity contribution in [3.8, 4) is 0 Å². The van der Waals surface area contributed by atoms with Crippen LogP contribution in [0.15, 0.2) is 30.9 Å². The predicted molar refractivity (Wildman–Crippen MR) is 118 cm³/mol. The summed E-state index contributed by atoms with van der Waals surface area (Å²) < 4.78 is 0. The minimum Gasteiger partial charge on any atom is -0.358 e. The Morgan fingerprint density at radius 2 is 2.00 bits per heavy atom. The van der Waals surface area contributed by atoms with Gasteiger partial charge in [-0.15, -0.1) is 6.58 Å². The number of carbonyl (C=O) groups is 1. The molecule has 2 atom stereocenters. The highest BCUT2D eigenvalue weighted by Gasteiger charge is 2.34. The molecule has 1 amide bonds. The molecule has 1 aliphatic rings. The standard InChI is InChI=1S/C24H39N3O/c1-5-6-13-23(24(28)26-4)27-18-21-17-20(14-15-22(21)19(27)2)12-10-8-7-9-11-16-25-3/h5,14-15,17,19,23,25H,1,6-13,16,18H2,2-4H3,(H,26,28). The summed E-state index contributed by atoms with van der Waals surface area (Å²) in [6.45, 7) is 8.03. The van der Waals surface area contributed by atoms with Gasteiger partial charge in [-0.3, -0.25) is 9.69 Å². The zero-order valence-corrected chi connectivity index (χ0v) is 18.1. The molecule has 2 unspecified atom stereocenters. The quantitative estimate of drug-likeness (QED) is 0.392. The molecule has 0 spiro atoms. The zero-order valence-electron chi connectivity index (χ0n) is 18.1. The lowest BCUT2D eigenvalue weighted by Gasteiger charge is -2.30. The van der Waals surface area contributed by atoms with E-state index in [1.165, 1.54) is 48.8 Å².